The average Bonchev–Trinajstić information content (AvgIpc) is 1.35. The normalized spacial score (nSPS) is 8.57. The molecule has 0 aromatic rings. The van der Waals surface area contributed by atoms with Crippen molar-refractivity contribution in [1.82, 2.24) is 0 Å². The van der Waals surface area contributed by atoms with Crippen LogP contribution in [0.1, 0.15) is 20.3 Å². The van der Waals surface area contributed by atoms with Crippen LogP contribution in [0.3, 0.4) is 0 Å². The molecule has 0 spiro atoms. The summed E-state index contributed by atoms with van der Waals surface area (Å²) in [4.78, 5) is 0. The van der Waals surface area contributed by atoms with Crippen molar-refractivity contribution in [2.24, 2.45) is 5.92 Å². The molecule has 0 saturated carbocycles. The van der Waals surface area contributed by atoms with Gasteiger partial charge in [0.1, 0.15) is 0 Å². The molecule has 0 aromatic heterocycles. The van der Waals surface area contributed by atoms with Gasteiger partial charge in [-0.2, -0.15) is 6.54 Å². The van der Waals surface area contributed by atoms with Crippen molar-refractivity contribution in [3.63, 3.8) is 0 Å². The van der Waals surface area contributed by atoms with E-state index in [2.05, 4.69) is 13.8 Å². The summed E-state index contributed by atoms with van der Waals surface area (Å²) in [6, 6.07) is 0. The number of nitrogens with one attached hydrogen (secondary N) is 1. The quantitative estimate of drug-likeness (QED) is 0.613. The van der Waals surface area contributed by atoms with Crippen molar-refractivity contribution in [3.05, 3.63) is 5.73 Å². The first-order chi connectivity index (χ1) is 2.77. The molecule has 1 nitrogen and oxygen atoms in total. The average molecular weight is 175 g/mol. The largest absolute Gasteiger partial charge is 0.677 e. The van der Waals surface area contributed by atoms with Crippen LogP contribution in [0, 0.1) is 5.92 Å². The second-order valence-corrected chi connectivity index (χ2v) is 1.93. The number of hydrogen-bond acceptors (Lipinski definition) is 0. The maximum atomic E-state index is 6.73. The molecule has 0 atom stereocenters. The molecular weight excluding hydrogens is 163 g/mol. The summed E-state index contributed by atoms with van der Waals surface area (Å²) >= 11 is 0. The maximum Gasteiger partial charge on any atom is 0 e. The predicted octanol–water partition coefficient (Wildman–Crippen LogP) is 2.08. The van der Waals surface area contributed by atoms with Gasteiger partial charge in [-0.05, 0) is 5.92 Å². The molecule has 0 aliphatic heterocycles. The van der Waals surface area contributed by atoms with Crippen LogP contribution in [0.25, 0.3) is 5.73 Å². The van der Waals surface area contributed by atoms with E-state index in [-0.39, 0.29) is 32.7 Å². The Bertz CT molecular complexity index is 29.3. The first-order valence-electron chi connectivity index (χ1n) is 2.42. The molecule has 0 bridgehead atoms. The Balaban J connectivity index is 0. The Morgan fingerprint density at radius 1 is 1.43 bits per heavy atom. The monoisotopic (exact) mass is 175 g/mol. The van der Waals surface area contributed by atoms with Gasteiger partial charge in [0, 0.05) is 32.7 Å². The molecule has 41 valence electrons. The fourth-order valence-corrected chi connectivity index (χ4v) is 0.289. The van der Waals surface area contributed by atoms with Gasteiger partial charge in [-0.25, -0.2) is 0 Å². The van der Waals surface area contributed by atoms with E-state index in [0.717, 1.165) is 6.42 Å². The van der Waals surface area contributed by atoms with E-state index in [4.69, 9.17) is 5.73 Å². The van der Waals surface area contributed by atoms with Crippen LogP contribution in [0.5, 0.6) is 0 Å². The van der Waals surface area contributed by atoms with Crippen LogP contribution in [-0.2, 0) is 32.7 Å². The molecule has 0 aliphatic rings. The predicted molar refractivity (Wildman–Crippen MR) is 28.6 cm³/mol. The fourth-order valence-electron chi connectivity index (χ4n) is 0.289. The third kappa shape index (κ3) is 11.0. The van der Waals surface area contributed by atoms with E-state index >= 15 is 0 Å². The van der Waals surface area contributed by atoms with Crippen LogP contribution in [0.4, 0.5) is 0 Å². The minimum Gasteiger partial charge on any atom is -0.677 e. The zero-order chi connectivity index (χ0) is 4.99. The molecular formula is C5H12NY-. The molecule has 1 radical (unpaired) electrons. The molecule has 1 N–H and O–H groups in total. The van der Waals surface area contributed by atoms with E-state index in [1.54, 1.807) is 0 Å². The Morgan fingerprint density at radius 3 is 1.86 bits per heavy atom. The van der Waals surface area contributed by atoms with Gasteiger partial charge in [0.25, 0.3) is 0 Å². The fraction of sp³-hybridized carbons (Fsp3) is 1.00. The van der Waals surface area contributed by atoms with Crippen molar-refractivity contribution in [2.45, 2.75) is 20.3 Å². The Kier molecular flexibility index (Phi) is 11.0. The van der Waals surface area contributed by atoms with Gasteiger partial charge in [0.05, 0.1) is 0 Å². The Labute approximate surface area is 70.9 Å². The summed E-state index contributed by atoms with van der Waals surface area (Å²) in [5.41, 5.74) is 6.73. The van der Waals surface area contributed by atoms with Crippen LogP contribution in [0.15, 0.2) is 0 Å². The van der Waals surface area contributed by atoms with Crippen molar-refractivity contribution >= 4 is 0 Å². The molecule has 0 unspecified atom stereocenters. The second kappa shape index (κ2) is 7.06. The molecule has 0 fully saturated rings. The molecule has 0 aliphatic carbocycles. The molecule has 2 heteroatoms. The van der Waals surface area contributed by atoms with Crippen LogP contribution >= 0.6 is 0 Å². The molecule has 0 rings (SSSR count). The van der Waals surface area contributed by atoms with Crippen molar-refractivity contribution in [1.29, 1.82) is 0 Å². The van der Waals surface area contributed by atoms with Gasteiger partial charge in [0.2, 0.25) is 0 Å². The smallest absolute Gasteiger partial charge is 0 e. The summed E-state index contributed by atoms with van der Waals surface area (Å²) in [6.45, 7) is 4.85. The van der Waals surface area contributed by atoms with E-state index < -0.39 is 0 Å². The number of hydrogen-bond donors (Lipinski definition) is 0. The van der Waals surface area contributed by atoms with E-state index in [9.17, 15) is 0 Å². The van der Waals surface area contributed by atoms with Gasteiger partial charge < -0.3 is 5.73 Å². The second-order valence-electron chi connectivity index (χ2n) is 1.93. The first kappa shape index (κ1) is 10.9. The minimum atomic E-state index is 0. The van der Waals surface area contributed by atoms with Crippen molar-refractivity contribution in [3.8, 4) is 0 Å². The summed E-state index contributed by atoms with van der Waals surface area (Å²) in [6.07, 6.45) is 1.04. The van der Waals surface area contributed by atoms with Crippen molar-refractivity contribution < 1.29 is 32.7 Å². The van der Waals surface area contributed by atoms with Crippen LogP contribution < -0.4 is 0 Å². The van der Waals surface area contributed by atoms with E-state index in [1.807, 2.05) is 0 Å². The molecule has 7 heavy (non-hydrogen) atoms. The van der Waals surface area contributed by atoms with E-state index in [1.165, 1.54) is 0 Å². The summed E-state index contributed by atoms with van der Waals surface area (Å²) in [5.74, 6) is 0.711. The summed E-state index contributed by atoms with van der Waals surface area (Å²) in [5, 5.41) is 0. The number of rotatable bonds is 2. The van der Waals surface area contributed by atoms with Gasteiger partial charge >= 0.3 is 0 Å². The summed E-state index contributed by atoms with van der Waals surface area (Å²) < 4.78 is 0. The van der Waals surface area contributed by atoms with E-state index in [0.29, 0.717) is 12.5 Å². The molecule has 0 amide bonds. The van der Waals surface area contributed by atoms with Gasteiger partial charge in [-0.1, -0.05) is 20.3 Å². The molecule has 0 saturated heterocycles. The minimum absolute atomic E-state index is 0. The zero-order valence-electron chi connectivity index (χ0n) is 5.07. The van der Waals surface area contributed by atoms with Gasteiger partial charge in [-0.15, -0.1) is 0 Å². The van der Waals surface area contributed by atoms with Crippen LogP contribution in [0.2, 0.25) is 0 Å². The molecule has 0 aromatic carbocycles. The first-order valence-corrected chi connectivity index (χ1v) is 2.42. The summed E-state index contributed by atoms with van der Waals surface area (Å²) in [7, 11) is 0. The zero-order valence-corrected chi connectivity index (χ0v) is 7.91. The SMILES string of the molecule is CC(C)CC[NH-].[Y]. The van der Waals surface area contributed by atoms with Gasteiger partial charge in [0.15, 0.2) is 0 Å². The topological polar surface area (TPSA) is 23.8 Å². The third-order valence-corrected chi connectivity index (χ3v) is 0.722. The van der Waals surface area contributed by atoms with Crippen molar-refractivity contribution in [2.75, 3.05) is 6.54 Å². The third-order valence-electron chi connectivity index (χ3n) is 0.722. The molecule has 0 heterocycles. The van der Waals surface area contributed by atoms with Gasteiger partial charge in [-0.3, -0.25) is 0 Å². The Hall–Kier alpha value is 1.06. The Morgan fingerprint density at radius 2 is 1.86 bits per heavy atom. The standard InChI is InChI=1S/C5H12N.Y/c1-5(2)3-4-6;/h5-6H,3-4H2,1-2H3;/q-1;. The maximum absolute atomic E-state index is 6.73. The van der Waals surface area contributed by atoms with Crippen LogP contribution in [-0.4, -0.2) is 6.54 Å².